The molecule has 2 rings (SSSR count). The molecule has 0 bridgehead atoms. The van der Waals surface area contributed by atoms with E-state index in [9.17, 15) is 9.18 Å². The fraction of sp³-hybridized carbons (Fsp3) is 0. The number of carbonyl (C=O) groups is 1. The lowest BCUT2D eigenvalue weighted by molar-refractivity contribution is 0.111. The van der Waals surface area contributed by atoms with Crippen LogP contribution in [0.15, 0.2) is 24.4 Å². The first-order valence-corrected chi connectivity index (χ1v) is 5.92. The molecular formula is C12H5Cl3FNO. The molecule has 0 radical (unpaired) electrons. The molecule has 0 N–H and O–H groups in total. The second-order valence-electron chi connectivity index (χ2n) is 3.43. The van der Waals surface area contributed by atoms with E-state index >= 15 is 0 Å². The minimum atomic E-state index is -0.765. The van der Waals surface area contributed by atoms with Crippen LogP contribution in [-0.4, -0.2) is 11.3 Å². The molecule has 0 spiro atoms. The van der Waals surface area contributed by atoms with Gasteiger partial charge >= 0.3 is 0 Å². The van der Waals surface area contributed by atoms with Crippen LogP contribution in [0, 0.1) is 5.82 Å². The van der Waals surface area contributed by atoms with Gasteiger partial charge in [-0.25, -0.2) is 4.39 Å². The summed E-state index contributed by atoms with van der Waals surface area (Å²) in [6, 6.07) is 4.13. The van der Waals surface area contributed by atoms with Gasteiger partial charge in [-0.2, -0.15) is 0 Å². The second-order valence-corrected chi connectivity index (χ2v) is 4.68. The zero-order valence-corrected chi connectivity index (χ0v) is 11.0. The minimum Gasteiger partial charge on any atom is -0.298 e. The molecule has 0 aliphatic carbocycles. The van der Waals surface area contributed by atoms with Crippen LogP contribution < -0.4 is 0 Å². The van der Waals surface area contributed by atoms with Gasteiger partial charge < -0.3 is 0 Å². The van der Waals surface area contributed by atoms with Crippen LogP contribution in [0.3, 0.4) is 0 Å². The van der Waals surface area contributed by atoms with Crippen molar-refractivity contribution in [2.24, 2.45) is 0 Å². The number of pyridine rings is 1. The average molecular weight is 305 g/mol. The summed E-state index contributed by atoms with van der Waals surface area (Å²) in [6.45, 7) is 0. The number of rotatable bonds is 2. The highest BCUT2D eigenvalue weighted by Crippen LogP contribution is 2.37. The highest BCUT2D eigenvalue weighted by molar-refractivity contribution is 6.41. The lowest BCUT2D eigenvalue weighted by Crippen LogP contribution is -1.96. The SMILES string of the molecule is O=Cc1ccnc(-c2c(Cl)cc(Cl)cc2Cl)c1F. The standard InChI is InChI=1S/C12H5Cl3FNO/c13-7-3-8(14)10(9(15)4-7)12-11(16)6(5-18)1-2-17-12/h1-5H. The van der Waals surface area contributed by atoms with Crippen molar-refractivity contribution in [1.29, 1.82) is 0 Å². The number of nitrogens with zero attached hydrogens (tertiary/aromatic N) is 1. The Morgan fingerprint density at radius 2 is 1.78 bits per heavy atom. The molecule has 0 unspecified atom stereocenters. The number of carbonyl (C=O) groups excluding carboxylic acids is 1. The highest BCUT2D eigenvalue weighted by atomic mass is 35.5. The third-order valence-electron chi connectivity index (χ3n) is 2.29. The fourth-order valence-electron chi connectivity index (χ4n) is 1.49. The van der Waals surface area contributed by atoms with E-state index in [1.54, 1.807) is 0 Å². The summed E-state index contributed by atoms with van der Waals surface area (Å²) in [5.41, 5.74) is 0.0253. The molecule has 0 amide bonds. The second kappa shape index (κ2) is 5.22. The Morgan fingerprint density at radius 1 is 1.17 bits per heavy atom. The van der Waals surface area contributed by atoms with Gasteiger partial charge in [-0.15, -0.1) is 0 Å². The number of benzene rings is 1. The number of aromatic nitrogens is 1. The van der Waals surface area contributed by atoms with Crippen LogP contribution in [0.5, 0.6) is 0 Å². The Hall–Kier alpha value is -1.16. The first-order chi connectivity index (χ1) is 8.54. The van der Waals surface area contributed by atoms with Gasteiger partial charge in [-0.3, -0.25) is 9.78 Å². The van der Waals surface area contributed by atoms with Crippen LogP contribution in [-0.2, 0) is 0 Å². The van der Waals surface area contributed by atoms with Crippen LogP contribution in [0.2, 0.25) is 15.1 Å². The normalized spacial score (nSPS) is 10.4. The Labute approximate surface area is 117 Å². The Morgan fingerprint density at radius 3 is 2.33 bits per heavy atom. The van der Waals surface area contributed by atoms with E-state index < -0.39 is 5.82 Å². The van der Waals surface area contributed by atoms with Crippen LogP contribution in [0.25, 0.3) is 11.3 Å². The molecule has 0 saturated heterocycles. The topological polar surface area (TPSA) is 30.0 Å². The largest absolute Gasteiger partial charge is 0.298 e. The van der Waals surface area contributed by atoms with E-state index in [0.29, 0.717) is 11.3 Å². The van der Waals surface area contributed by atoms with Crippen molar-refractivity contribution in [2.45, 2.75) is 0 Å². The molecule has 0 fully saturated rings. The quantitative estimate of drug-likeness (QED) is 0.755. The van der Waals surface area contributed by atoms with E-state index in [4.69, 9.17) is 34.8 Å². The molecule has 2 nitrogen and oxygen atoms in total. The number of halogens is 4. The first kappa shape index (κ1) is 13.3. The monoisotopic (exact) mass is 303 g/mol. The van der Waals surface area contributed by atoms with Gasteiger partial charge in [0.1, 0.15) is 5.69 Å². The van der Waals surface area contributed by atoms with Crippen molar-refractivity contribution in [2.75, 3.05) is 0 Å². The molecule has 1 heterocycles. The van der Waals surface area contributed by atoms with Crippen LogP contribution in [0.1, 0.15) is 10.4 Å². The molecule has 0 aliphatic rings. The summed E-state index contributed by atoms with van der Waals surface area (Å²) in [5.74, 6) is -0.765. The van der Waals surface area contributed by atoms with Crippen molar-refractivity contribution in [3.63, 3.8) is 0 Å². The zero-order valence-electron chi connectivity index (χ0n) is 8.75. The van der Waals surface area contributed by atoms with Gasteiger partial charge in [0.15, 0.2) is 12.1 Å². The predicted octanol–water partition coefficient (Wildman–Crippen LogP) is 4.66. The molecule has 0 aliphatic heterocycles. The van der Waals surface area contributed by atoms with Crippen LogP contribution in [0.4, 0.5) is 4.39 Å². The summed E-state index contributed by atoms with van der Waals surface area (Å²) < 4.78 is 14.0. The summed E-state index contributed by atoms with van der Waals surface area (Å²) in [7, 11) is 0. The summed E-state index contributed by atoms with van der Waals surface area (Å²) >= 11 is 17.7. The van der Waals surface area contributed by atoms with Crippen molar-refractivity contribution >= 4 is 41.1 Å². The maximum absolute atomic E-state index is 14.0. The molecule has 92 valence electrons. The van der Waals surface area contributed by atoms with Crippen molar-refractivity contribution in [3.8, 4) is 11.3 Å². The van der Waals surface area contributed by atoms with Gasteiger partial charge in [0.05, 0.1) is 15.6 Å². The van der Waals surface area contributed by atoms with Gasteiger partial charge in [0.2, 0.25) is 0 Å². The van der Waals surface area contributed by atoms with Gasteiger partial charge in [0, 0.05) is 16.8 Å². The molecule has 1 aromatic heterocycles. The van der Waals surface area contributed by atoms with Crippen molar-refractivity contribution in [1.82, 2.24) is 4.98 Å². The summed E-state index contributed by atoms with van der Waals surface area (Å²) in [5, 5.41) is 0.671. The van der Waals surface area contributed by atoms with Crippen LogP contribution >= 0.6 is 34.8 Å². The Balaban J connectivity index is 2.73. The minimum absolute atomic E-state index is 0.0775. The maximum Gasteiger partial charge on any atom is 0.160 e. The number of hydrogen-bond donors (Lipinski definition) is 0. The first-order valence-electron chi connectivity index (χ1n) is 4.79. The molecule has 18 heavy (non-hydrogen) atoms. The third-order valence-corrected chi connectivity index (χ3v) is 3.10. The number of aldehydes is 1. The highest BCUT2D eigenvalue weighted by Gasteiger charge is 2.17. The van der Waals surface area contributed by atoms with Crippen molar-refractivity contribution in [3.05, 3.63) is 50.8 Å². The Bertz CT molecular complexity index is 608. The van der Waals surface area contributed by atoms with Gasteiger partial charge in [0.25, 0.3) is 0 Å². The average Bonchev–Trinajstić information content (AvgIpc) is 2.30. The molecular weight excluding hydrogens is 299 g/mol. The lowest BCUT2D eigenvalue weighted by Gasteiger charge is -2.08. The van der Waals surface area contributed by atoms with Gasteiger partial charge in [-0.1, -0.05) is 34.8 Å². The van der Waals surface area contributed by atoms with E-state index in [1.807, 2.05) is 0 Å². The number of hydrogen-bond acceptors (Lipinski definition) is 2. The molecule has 1 aromatic carbocycles. The Kier molecular flexibility index (Phi) is 3.85. The van der Waals surface area contributed by atoms with Crippen molar-refractivity contribution < 1.29 is 9.18 Å². The molecule has 0 atom stereocenters. The smallest absolute Gasteiger partial charge is 0.160 e. The summed E-state index contributed by atoms with van der Waals surface area (Å²) in [6.07, 6.45) is 1.71. The van der Waals surface area contributed by atoms with E-state index in [0.717, 1.165) is 0 Å². The predicted molar refractivity (Wildman–Crippen MR) is 70.0 cm³/mol. The lowest BCUT2D eigenvalue weighted by atomic mass is 10.1. The van der Waals surface area contributed by atoms with E-state index in [-0.39, 0.29) is 26.9 Å². The molecule has 6 heteroatoms. The molecule has 2 aromatic rings. The van der Waals surface area contributed by atoms with E-state index in [2.05, 4.69) is 4.98 Å². The molecule has 0 saturated carbocycles. The zero-order chi connectivity index (χ0) is 13.3. The fourth-order valence-corrected chi connectivity index (χ4v) is 2.49. The summed E-state index contributed by atoms with van der Waals surface area (Å²) in [4.78, 5) is 14.5. The third kappa shape index (κ3) is 2.34. The van der Waals surface area contributed by atoms with Gasteiger partial charge in [-0.05, 0) is 18.2 Å². The van der Waals surface area contributed by atoms with E-state index in [1.165, 1.54) is 24.4 Å². The maximum atomic E-state index is 14.0.